The van der Waals surface area contributed by atoms with Gasteiger partial charge in [0.15, 0.2) is 5.54 Å². The van der Waals surface area contributed by atoms with Crippen LogP contribution in [0.3, 0.4) is 0 Å². The van der Waals surface area contributed by atoms with Crippen LogP contribution in [0.5, 0.6) is 0 Å². The number of carbonyl (C=O) groups is 1. The highest BCUT2D eigenvalue weighted by Gasteiger charge is 2.59. The van der Waals surface area contributed by atoms with Gasteiger partial charge in [0.05, 0.1) is 0 Å². The summed E-state index contributed by atoms with van der Waals surface area (Å²) in [6, 6.07) is 0. The van der Waals surface area contributed by atoms with Gasteiger partial charge in [0.2, 0.25) is 5.91 Å². The van der Waals surface area contributed by atoms with Gasteiger partial charge in [-0.3, -0.25) is 4.79 Å². The molecule has 1 rings (SSSR count). The molecule has 1 atom stereocenters. The zero-order chi connectivity index (χ0) is 14.0. The summed E-state index contributed by atoms with van der Waals surface area (Å²) in [7, 11) is 0. The molecule has 0 aromatic heterocycles. The number of nitrogens with zero attached hydrogens (tertiary/aromatic N) is 1. The first kappa shape index (κ1) is 15.3. The van der Waals surface area contributed by atoms with Crippen LogP contribution in [-0.4, -0.2) is 35.6 Å². The van der Waals surface area contributed by atoms with Crippen molar-refractivity contribution in [2.45, 2.75) is 51.2 Å². The average Bonchev–Trinajstić information content (AvgIpc) is 2.26. The summed E-state index contributed by atoms with van der Waals surface area (Å²) < 4.78 is 39.8. The summed E-state index contributed by atoms with van der Waals surface area (Å²) in [4.78, 5) is 13.0. The Kier molecular flexibility index (Phi) is 4.64. The summed E-state index contributed by atoms with van der Waals surface area (Å²) in [5.41, 5.74) is 3.21. The van der Waals surface area contributed by atoms with Gasteiger partial charge in [0.25, 0.3) is 0 Å². The van der Waals surface area contributed by atoms with Gasteiger partial charge in [-0.1, -0.05) is 13.8 Å². The second-order valence-electron chi connectivity index (χ2n) is 5.33. The van der Waals surface area contributed by atoms with Crippen molar-refractivity contribution in [3.05, 3.63) is 0 Å². The van der Waals surface area contributed by atoms with Crippen LogP contribution in [0.2, 0.25) is 0 Å². The van der Waals surface area contributed by atoms with Gasteiger partial charge in [-0.05, 0) is 25.2 Å². The topological polar surface area (TPSA) is 46.3 Å². The van der Waals surface area contributed by atoms with Gasteiger partial charge in [-0.25, -0.2) is 0 Å². The molecule has 1 heterocycles. The van der Waals surface area contributed by atoms with E-state index < -0.39 is 24.2 Å². The molecular formula is C12H21F3N2O. The highest BCUT2D eigenvalue weighted by atomic mass is 19.4. The Labute approximate surface area is 106 Å². The Morgan fingerprint density at radius 2 is 2.00 bits per heavy atom. The lowest BCUT2D eigenvalue weighted by Crippen LogP contribution is -2.66. The van der Waals surface area contributed by atoms with Crippen LogP contribution in [0.15, 0.2) is 0 Å². The number of hydrogen-bond donors (Lipinski definition) is 1. The third kappa shape index (κ3) is 2.79. The minimum absolute atomic E-state index is 0.0446. The van der Waals surface area contributed by atoms with E-state index >= 15 is 0 Å². The third-order valence-corrected chi connectivity index (χ3v) is 3.49. The molecule has 106 valence electrons. The fourth-order valence-electron chi connectivity index (χ4n) is 2.48. The minimum Gasteiger partial charge on any atom is -0.328 e. The van der Waals surface area contributed by atoms with Crippen molar-refractivity contribution >= 4 is 5.91 Å². The first-order valence-corrected chi connectivity index (χ1v) is 6.32. The smallest absolute Gasteiger partial charge is 0.328 e. The maximum Gasteiger partial charge on any atom is 0.412 e. The van der Waals surface area contributed by atoms with E-state index in [1.165, 1.54) is 0 Å². The van der Waals surface area contributed by atoms with Crippen LogP contribution in [0, 0.1) is 5.92 Å². The van der Waals surface area contributed by atoms with Gasteiger partial charge in [0, 0.05) is 19.5 Å². The lowest BCUT2D eigenvalue weighted by atomic mass is 9.85. The molecule has 2 N–H and O–H groups in total. The van der Waals surface area contributed by atoms with Crippen molar-refractivity contribution in [2.24, 2.45) is 11.7 Å². The fourth-order valence-corrected chi connectivity index (χ4v) is 2.48. The molecule has 0 saturated carbocycles. The molecule has 1 amide bonds. The Morgan fingerprint density at radius 3 is 2.44 bits per heavy atom. The molecular weight excluding hydrogens is 245 g/mol. The number of nitrogens with two attached hydrogens (primary N) is 1. The Bertz CT molecular complexity index is 304. The molecule has 1 unspecified atom stereocenters. The first-order valence-electron chi connectivity index (χ1n) is 6.32. The minimum atomic E-state index is -4.46. The maximum absolute atomic E-state index is 13.3. The maximum atomic E-state index is 13.3. The van der Waals surface area contributed by atoms with E-state index in [9.17, 15) is 18.0 Å². The van der Waals surface area contributed by atoms with Crippen LogP contribution in [0.1, 0.15) is 39.5 Å². The van der Waals surface area contributed by atoms with Crippen molar-refractivity contribution < 1.29 is 18.0 Å². The van der Waals surface area contributed by atoms with Crippen LogP contribution in [0.4, 0.5) is 13.2 Å². The zero-order valence-corrected chi connectivity index (χ0v) is 10.9. The highest BCUT2D eigenvalue weighted by Crippen LogP contribution is 2.41. The molecule has 0 aromatic rings. The van der Waals surface area contributed by atoms with Gasteiger partial charge in [0.1, 0.15) is 0 Å². The predicted molar refractivity (Wildman–Crippen MR) is 62.9 cm³/mol. The summed E-state index contributed by atoms with van der Waals surface area (Å²) in [5, 5.41) is 0. The molecule has 1 fully saturated rings. The number of alkyl halides is 3. The van der Waals surface area contributed by atoms with Crippen LogP contribution in [-0.2, 0) is 4.79 Å². The van der Waals surface area contributed by atoms with E-state index in [1.54, 1.807) is 0 Å². The summed E-state index contributed by atoms with van der Waals surface area (Å²) >= 11 is 0. The van der Waals surface area contributed by atoms with Gasteiger partial charge >= 0.3 is 6.18 Å². The summed E-state index contributed by atoms with van der Waals surface area (Å²) in [5.74, 6) is -0.393. The van der Waals surface area contributed by atoms with Crippen molar-refractivity contribution in [3.8, 4) is 0 Å². The van der Waals surface area contributed by atoms with Crippen molar-refractivity contribution in [1.29, 1.82) is 0 Å². The molecule has 0 aliphatic carbocycles. The summed E-state index contributed by atoms with van der Waals surface area (Å²) in [6.07, 6.45) is -3.34. The Morgan fingerprint density at radius 1 is 1.39 bits per heavy atom. The number of piperidine rings is 1. The van der Waals surface area contributed by atoms with Crippen LogP contribution < -0.4 is 5.73 Å². The van der Waals surface area contributed by atoms with Crippen molar-refractivity contribution in [1.82, 2.24) is 4.90 Å². The zero-order valence-electron chi connectivity index (χ0n) is 10.9. The molecule has 1 saturated heterocycles. The molecule has 1 aliphatic heterocycles. The van der Waals surface area contributed by atoms with E-state index in [-0.39, 0.29) is 25.3 Å². The molecule has 18 heavy (non-hydrogen) atoms. The summed E-state index contributed by atoms with van der Waals surface area (Å²) in [6.45, 7) is 3.24. The number of halogens is 3. The highest BCUT2D eigenvalue weighted by molar-refractivity contribution is 5.77. The van der Waals surface area contributed by atoms with Crippen molar-refractivity contribution in [3.63, 3.8) is 0 Å². The van der Waals surface area contributed by atoms with Crippen molar-refractivity contribution in [2.75, 3.05) is 13.1 Å². The molecule has 0 bridgehead atoms. The second kappa shape index (κ2) is 5.47. The normalized spacial score (nSPS) is 25.6. The predicted octanol–water partition coefficient (Wildman–Crippen LogP) is 2.30. The molecule has 1 aliphatic rings. The van der Waals surface area contributed by atoms with E-state index in [4.69, 9.17) is 5.73 Å². The van der Waals surface area contributed by atoms with E-state index in [1.807, 2.05) is 13.8 Å². The van der Waals surface area contributed by atoms with Crippen LogP contribution in [0.25, 0.3) is 0 Å². The first-order chi connectivity index (χ1) is 8.24. The lowest BCUT2D eigenvalue weighted by molar-refractivity contribution is -0.237. The van der Waals surface area contributed by atoms with Gasteiger partial charge in [-0.15, -0.1) is 0 Å². The largest absolute Gasteiger partial charge is 0.412 e. The molecule has 0 spiro atoms. The standard InChI is InChI=1S/C12H21F3N2O/c1-9(2)7-10(18)17-6-4-3-5-11(17,8-16)12(13,14)15/h9H,3-8,16H2,1-2H3. The molecule has 0 radical (unpaired) electrons. The van der Waals surface area contributed by atoms with Crippen LogP contribution >= 0.6 is 0 Å². The van der Waals surface area contributed by atoms with E-state index in [2.05, 4.69) is 0 Å². The van der Waals surface area contributed by atoms with Gasteiger partial charge < -0.3 is 10.6 Å². The monoisotopic (exact) mass is 266 g/mol. The second-order valence-corrected chi connectivity index (χ2v) is 5.33. The molecule has 6 heteroatoms. The number of hydrogen-bond acceptors (Lipinski definition) is 2. The number of amides is 1. The average molecular weight is 266 g/mol. The Hall–Kier alpha value is -0.780. The number of carbonyl (C=O) groups excluding carboxylic acids is 1. The molecule has 0 aromatic carbocycles. The Balaban J connectivity index is 3.01. The van der Waals surface area contributed by atoms with E-state index in [0.29, 0.717) is 12.8 Å². The lowest BCUT2D eigenvalue weighted by Gasteiger charge is -2.47. The molecule has 3 nitrogen and oxygen atoms in total. The number of likely N-dealkylation sites (tertiary alicyclic amines) is 1. The third-order valence-electron chi connectivity index (χ3n) is 3.49. The quantitative estimate of drug-likeness (QED) is 0.852. The fraction of sp³-hybridized carbons (Fsp3) is 0.917. The van der Waals surface area contributed by atoms with E-state index in [0.717, 1.165) is 4.90 Å². The van der Waals surface area contributed by atoms with Gasteiger partial charge in [-0.2, -0.15) is 13.2 Å². The SMILES string of the molecule is CC(C)CC(=O)N1CCCCC1(CN)C(F)(F)F. The number of rotatable bonds is 3.